The SMILES string of the molecule is Cc1ccc(C(C)C)c(OCC(=O)N(Cc2cccs2)C2CCS(=O)(=O)C2)c1. The molecule has 1 unspecified atom stereocenters. The maximum absolute atomic E-state index is 13.0. The van der Waals surface area contributed by atoms with Crippen LogP contribution in [-0.2, 0) is 21.2 Å². The quantitative estimate of drug-likeness (QED) is 0.683. The van der Waals surface area contributed by atoms with Crippen molar-refractivity contribution in [2.45, 2.75) is 45.7 Å². The van der Waals surface area contributed by atoms with Gasteiger partial charge in [0.15, 0.2) is 16.4 Å². The summed E-state index contributed by atoms with van der Waals surface area (Å²) in [6, 6.07) is 9.64. The normalized spacial score (nSPS) is 18.4. The van der Waals surface area contributed by atoms with E-state index in [1.807, 2.05) is 42.6 Å². The molecule has 1 aromatic heterocycles. The van der Waals surface area contributed by atoms with Gasteiger partial charge in [-0.25, -0.2) is 8.42 Å². The Morgan fingerprint density at radius 1 is 1.32 bits per heavy atom. The predicted molar refractivity (Wildman–Crippen MR) is 113 cm³/mol. The first kappa shape index (κ1) is 20.9. The molecule has 152 valence electrons. The molecule has 28 heavy (non-hydrogen) atoms. The van der Waals surface area contributed by atoms with Crippen molar-refractivity contribution in [3.05, 3.63) is 51.7 Å². The first-order chi connectivity index (χ1) is 13.2. The summed E-state index contributed by atoms with van der Waals surface area (Å²) in [5.41, 5.74) is 2.14. The molecule has 3 rings (SSSR count). The van der Waals surface area contributed by atoms with Crippen LogP contribution in [0.15, 0.2) is 35.7 Å². The Hall–Kier alpha value is -1.86. The minimum Gasteiger partial charge on any atom is -0.483 e. The van der Waals surface area contributed by atoms with Gasteiger partial charge in [-0.2, -0.15) is 0 Å². The molecular formula is C21H27NO4S2. The molecule has 1 saturated heterocycles. The molecule has 0 spiro atoms. The van der Waals surface area contributed by atoms with Crippen LogP contribution in [0.1, 0.15) is 42.2 Å². The van der Waals surface area contributed by atoms with E-state index in [9.17, 15) is 13.2 Å². The number of amides is 1. The third-order valence-corrected chi connectivity index (χ3v) is 7.63. The number of carbonyl (C=O) groups excluding carboxylic acids is 1. The lowest BCUT2D eigenvalue weighted by Crippen LogP contribution is -2.42. The lowest BCUT2D eigenvalue weighted by molar-refractivity contribution is -0.135. The summed E-state index contributed by atoms with van der Waals surface area (Å²) in [6.07, 6.45) is 0.487. The molecule has 0 N–H and O–H groups in total. The number of nitrogens with zero attached hydrogens (tertiary/aromatic N) is 1. The molecule has 0 aliphatic carbocycles. The second-order valence-corrected chi connectivity index (χ2v) is 10.9. The van der Waals surface area contributed by atoms with Crippen LogP contribution in [0.5, 0.6) is 5.75 Å². The molecule has 0 saturated carbocycles. The summed E-state index contributed by atoms with van der Waals surface area (Å²) in [5, 5.41) is 1.96. The summed E-state index contributed by atoms with van der Waals surface area (Å²) < 4.78 is 29.8. The van der Waals surface area contributed by atoms with Crippen molar-refractivity contribution in [2.75, 3.05) is 18.1 Å². The number of sulfone groups is 1. The topological polar surface area (TPSA) is 63.7 Å². The van der Waals surface area contributed by atoms with E-state index < -0.39 is 9.84 Å². The molecular weight excluding hydrogens is 394 g/mol. The van der Waals surface area contributed by atoms with Crippen molar-refractivity contribution < 1.29 is 17.9 Å². The van der Waals surface area contributed by atoms with Gasteiger partial charge in [-0.3, -0.25) is 4.79 Å². The highest BCUT2D eigenvalue weighted by Crippen LogP contribution is 2.28. The standard InChI is InChI=1S/C21H27NO4S2/c1-15(2)19-7-6-16(3)11-20(19)26-13-21(23)22(12-18-5-4-9-27-18)17-8-10-28(24,25)14-17/h4-7,9,11,15,17H,8,10,12-14H2,1-3H3. The van der Waals surface area contributed by atoms with Crippen molar-refractivity contribution in [1.29, 1.82) is 0 Å². The second-order valence-electron chi connectivity index (χ2n) is 7.64. The van der Waals surface area contributed by atoms with Crippen LogP contribution in [0.2, 0.25) is 0 Å². The largest absolute Gasteiger partial charge is 0.483 e. The molecule has 1 aliphatic heterocycles. The van der Waals surface area contributed by atoms with E-state index in [0.717, 1.165) is 21.8 Å². The first-order valence-corrected chi connectivity index (χ1v) is 12.2. The van der Waals surface area contributed by atoms with Gasteiger partial charge in [-0.1, -0.05) is 32.0 Å². The molecule has 0 radical (unpaired) electrons. The van der Waals surface area contributed by atoms with Gasteiger partial charge in [0.25, 0.3) is 5.91 Å². The minimum absolute atomic E-state index is 0.0335. The fraction of sp³-hybridized carbons (Fsp3) is 0.476. The number of benzene rings is 1. The van der Waals surface area contributed by atoms with E-state index in [1.165, 1.54) is 0 Å². The third-order valence-electron chi connectivity index (χ3n) is 5.02. The van der Waals surface area contributed by atoms with Gasteiger partial charge in [0, 0.05) is 10.9 Å². The van der Waals surface area contributed by atoms with Gasteiger partial charge < -0.3 is 9.64 Å². The van der Waals surface area contributed by atoms with Gasteiger partial charge in [-0.05, 0) is 47.9 Å². The van der Waals surface area contributed by atoms with Crippen LogP contribution in [0.25, 0.3) is 0 Å². The van der Waals surface area contributed by atoms with E-state index in [-0.39, 0.29) is 36.0 Å². The average Bonchev–Trinajstić information content (AvgIpc) is 3.26. The van der Waals surface area contributed by atoms with Crippen molar-refractivity contribution in [1.82, 2.24) is 4.90 Å². The van der Waals surface area contributed by atoms with Gasteiger partial charge in [0.1, 0.15) is 5.75 Å². The second kappa shape index (κ2) is 8.66. The number of rotatable bonds is 7. The Morgan fingerprint density at radius 3 is 2.71 bits per heavy atom. The van der Waals surface area contributed by atoms with Crippen LogP contribution >= 0.6 is 11.3 Å². The van der Waals surface area contributed by atoms with E-state index in [4.69, 9.17) is 4.74 Å². The van der Waals surface area contributed by atoms with Crippen molar-refractivity contribution >= 4 is 27.1 Å². The molecule has 0 bridgehead atoms. The summed E-state index contributed by atoms with van der Waals surface area (Å²) in [7, 11) is -3.07. The Morgan fingerprint density at radius 2 is 2.11 bits per heavy atom. The number of hydrogen-bond donors (Lipinski definition) is 0. The maximum Gasteiger partial charge on any atom is 0.261 e. The van der Waals surface area contributed by atoms with E-state index in [0.29, 0.717) is 13.0 Å². The van der Waals surface area contributed by atoms with Crippen molar-refractivity contribution in [3.63, 3.8) is 0 Å². The molecule has 1 fully saturated rings. The number of hydrogen-bond acceptors (Lipinski definition) is 5. The highest BCUT2D eigenvalue weighted by Gasteiger charge is 2.35. The molecule has 1 aliphatic rings. The number of aryl methyl sites for hydroxylation is 1. The molecule has 2 aromatic rings. The van der Waals surface area contributed by atoms with Crippen molar-refractivity contribution in [3.8, 4) is 5.75 Å². The third kappa shape index (κ3) is 5.14. The fourth-order valence-corrected chi connectivity index (χ4v) is 5.91. The zero-order valence-corrected chi connectivity index (χ0v) is 18.2. The molecule has 7 heteroatoms. The molecule has 1 aromatic carbocycles. The zero-order valence-electron chi connectivity index (χ0n) is 16.6. The molecule has 1 atom stereocenters. The van der Waals surface area contributed by atoms with Gasteiger partial charge in [-0.15, -0.1) is 11.3 Å². The lowest BCUT2D eigenvalue weighted by atomic mass is 10.0. The summed E-state index contributed by atoms with van der Waals surface area (Å²) in [6.45, 7) is 6.50. The van der Waals surface area contributed by atoms with Gasteiger partial charge in [0.05, 0.1) is 18.1 Å². The average molecular weight is 422 g/mol. The molecule has 2 heterocycles. The highest BCUT2D eigenvalue weighted by molar-refractivity contribution is 7.91. The highest BCUT2D eigenvalue weighted by atomic mass is 32.2. The minimum atomic E-state index is -3.07. The summed E-state index contributed by atoms with van der Waals surface area (Å²) in [4.78, 5) is 15.7. The van der Waals surface area contributed by atoms with Gasteiger partial charge >= 0.3 is 0 Å². The van der Waals surface area contributed by atoms with Crippen LogP contribution in [0, 0.1) is 6.92 Å². The van der Waals surface area contributed by atoms with Crippen LogP contribution < -0.4 is 4.74 Å². The zero-order chi connectivity index (χ0) is 20.3. The predicted octanol–water partition coefficient (Wildman–Crippen LogP) is 3.77. The van der Waals surface area contributed by atoms with Crippen LogP contribution in [0.3, 0.4) is 0 Å². The van der Waals surface area contributed by atoms with Crippen LogP contribution in [-0.4, -0.2) is 43.4 Å². The number of carbonyl (C=O) groups is 1. The van der Waals surface area contributed by atoms with Crippen molar-refractivity contribution in [2.24, 2.45) is 0 Å². The summed E-state index contributed by atoms with van der Waals surface area (Å²) >= 11 is 1.57. The fourth-order valence-electron chi connectivity index (χ4n) is 3.48. The van der Waals surface area contributed by atoms with Gasteiger partial charge in [0.2, 0.25) is 0 Å². The Labute approximate surface area is 171 Å². The molecule has 1 amide bonds. The summed E-state index contributed by atoms with van der Waals surface area (Å²) in [5.74, 6) is 1.01. The lowest BCUT2D eigenvalue weighted by Gasteiger charge is -2.28. The Kier molecular flexibility index (Phi) is 6.45. The maximum atomic E-state index is 13.0. The van der Waals surface area contributed by atoms with E-state index >= 15 is 0 Å². The molecule has 5 nitrogen and oxygen atoms in total. The first-order valence-electron chi connectivity index (χ1n) is 9.51. The number of thiophene rings is 1. The Bertz CT molecular complexity index is 920. The smallest absolute Gasteiger partial charge is 0.261 e. The monoisotopic (exact) mass is 421 g/mol. The van der Waals surface area contributed by atoms with E-state index in [2.05, 4.69) is 13.8 Å². The number of ether oxygens (including phenoxy) is 1. The van der Waals surface area contributed by atoms with Crippen LogP contribution in [0.4, 0.5) is 0 Å². The van der Waals surface area contributed by atoms with E-state index in [1.54, 1.807) is 16.2 Å². The Balaban J connectivity index is 1.75.